The van der Waals surface area contributed by atoms with Crippen LogP contribution in [0.2, 0.25) is 0 Å². The molecular formula is C14H20ClN3O. The molecule has 0 radical (unpaired) electrons. The molecule has 0 unspecified atom stereocenters. The van der Waals surface area contributed by atoms with E-state index in [2.05, 4.69) is 29.5 Å². The van der Waals surface area contributed by atoms with Crippen molar-refractivity contribution in [2.45, 2.75) is 26.4 Å². The molecule has 19 heavy (non-hydrogen) atoms. The number of aromatic nitrogens is 2. The second kappa shape index (κ2) is 7.69. The van der Waals surface area contributed by atoms with Crippen LogP contribution in [-0.2, 0) is 13.1 Å². The van der Waals surface area contributed by atoms with Gasteiger partial charge in [-0.05, 0) is 24.1 Å². The number of nitrogens with zero attached hydrogens (tertiary/aromatic N) is 2. The van der Waals surface area contributed by atoms with Crippen LogP contribution in [0.15, 0.2) is 36.7 Å². The van der Waals surface area contributed by atoms with Crippen molar-refractivity contribution in [1.29, 1.82) is 0 Å². The molecule has 0 atom stereocenters. The Hall–Kier alpha value is -1.68. The zero-order chi connectivity index (χ0) is 12.8. The standard InChI is InChI=1S/C14H19N3O.ClH/c1-3-8-17-11-13(10-16-17)15-9-12-4-6-14(18-2)7-5-12;/h4-7,10-11,15H,3,8-9H2,1-2H3;1H. The third kappa shape index (κ3) is 4.48. The minimum absolute atomic E-state index is 0. The van der Waals surface area contributed by atoms with Crippen LogP contribution in [0.4, 0.5) is 5.69 Å². The fraction of sp³-hybridized carbons (Fsp3) is 0.357. The van der Waals surface area contributed by atoms with Crippen LogP contribution >= 0.6 is 12.4 Å². The molecule has 1 aromatic heterocycles. The number of aryl methyl sites for hydroxylation is 1. The fourth-order valence-corrected chi connectivity index (χ4v) is 1.75. The number of hydrogen-bond acceptors (Lipinski definition) is 3. The van der Waals surface area contributed by atoms with Gasteiger partial charge in [-0.2, -0.15) is 5.10 Å². The highest BCUT2D eigenvalue weighted by atomic mass is 35.5. The number of methoxy groups -OCH3 is 1. The lowest BCUT2D eigenvalue weighted by molar-refractivity contribution is 0.414. The molecule has 0 aliphatic heterocycles. The molecule has 104 valence electrons. The van der Waals surface area contributed by atoms with Crippen LogP contribution in [0.1, 0.15) is 18.9 Å². The average Bonchev–Trinajstić information content (AvgIpc) is 2.85. The molecule has 2 rings (SSSR count). The predicted molar refractivity (Wildman–Crippen MR) is 80.1 cm³/mol. The third-order valence-corrected chi connectivity index (χ3v) is 2.74. The van der Waals surface area contributed by atoms with E-state index >= 15 is 0 Å². The van der Waals surface area contributed by atoms with Crippen LogP contribution < -0.4 is 10.1 Å². The Morgan fingerprint density at radius 1 is 1.26 bits per heavy atom. The predicted octanol–water partition coefficient (Wildman–Crippen LogP) is 3.34. The molecular weight excluding hydrogens is 262 g/mol. The molecule has 0 bridgehead atoms. The lowest BCUT2D eigenvalue weighted by Crippen LogP contribution is -1.99. The molecule has 0 saturated heterocycles. The highest BCUT2D eigenvalue weighted by Gasteiger charge is 1.98. The Balaban J connectivity index is 0.00000180. The van der Waals surface area contributed by atoms with Gasteiger partial charge in [-0.25, -0.2) is 0 Å². The minimum Gasteiger partial charge on any atom is -0.497 e. The Bertz CT molecular complexity index is 482. The monoisotopic (exact) mass is 281 g/mol. The Labute approximate surface area is 120 Å². The van der Waals surface area contributed by atoms with Gasteiger partial charge in [0, 0.05) is 19.3 Å². The second-order valence-electron chi connectivity index (χ2n) is 4.19. The lowest BCUT2D eigenvalue weighted by atomic mass is 10.2. The lowest BCUT2D eigenvalue weighted by Gasteiger charge is -2.05. The average molecular weight is 282 g/mol. The topological polar surface area (TPSA) is 39.1 Å². The van der Waals surface area contributed by atoms with E-state index in [0.717, 1.165) is 30.9 Å². The number of hydrogen-bond donors (Lipinski definition) is 1. The zero-order valence-corrected chi connectivity index (χ0v) is 12.1. The third-order valence-electron chi connectivity index (χ3n) is 2.74. The van der Waals surface area contributed by atoms with Crippen LogP contribution in [-0.4, -0.2) is 16.9 Å². The normalized spacial score (nSPS) is 9.79. The number of rotatable bonds is 6. The maximum atomic E-state index is 5.13. The van der Waals surface area contributed by atoms with Gasteiger partial charge in [0.15, 0.2) is 0 Å². The zero-order valence-electron chi connectivity index (χ0n) is 11.3. The van der Waals surface area contributed by atoms with Gasteiger partial charge >= 0.3 is 0 Å². The molecule has 1 aromatic carbocycles. The summed E-state index contributed by atoms with van der Waals surface area (Å²) < 4.78 is 7.08. The number of benzene rings is 1. The van der Waals surface area contributed by atoms with Gasteiger partial charge in [-0.3, -0.25) is 4.68 Å². The molecule has 2 aromatic rings. The summed E-state index contributed by atoms with van der Waals surface area (Å²) in [7, 11) is 1.68. The van der Waals surface area contributed by atoms with Gasteiger partial charge in [0.25, 0.3) is 0 Å². The first-order valence-electron chi connectivity index (χ1n) is 6.21. The van der Waals surface area contributed by atoms with Crippen molar-refractivity contribution in [1.82, 2.24) is 9.78 Å². The van der Waals surface area contributed by atoms with Crippen molar-refractivity contribution in [3.05, 3.63) is 42.2 Å². The van der Waals surface area contributed by atoms with Crippen molar-refractivity contribution in [2.24, 2.45) is 0 Å². The maximum absolute atomic E-state index is 5.13. The van der Waals surface area contributed by atoms with Crippen molar-refractivity contribution in [2.75, 3.05) is 12.4 Å². The number of anilines is 1. The van der Waals surface area contributed by atoms with E-state index in [9.17, 15) is 0 Å². The summed E-state index contributed by atoms with van der Waals surface area (Å²) in [5.74, 6) is 0.884. The Morgan fingerprint density at radius 3 is 2.63 bits per heavy atom. The molecule has 1 N–H and O–H groups in total. The highest BCUT2D eigenvalue weighted by molar-refractivity contribution is 5.85. The van der Waals surface area contributed by atoms with Gasteiger partial charge in [0.1, 0.15) is 5.75 Å². The molecule has 5 heteroatoms. The van der Waals surface area contributed by atoms with E-state index in [1.807, 2.05) is 29.2 Å². The first kappa shape index (κ1) is 15.4. The van der Waals surface area contributed by atoms with Gasteiger partial charge < -0.3 is 10.1 Å². The van der Waals surface area contributed by atoms with E-state index in [1.54, 1.807) is 7.11 Å². The first-order chi connectivity index (χ1) is 8.81. The number of nitrogens with one attached hydrogen (secondary N) is 1. The van der Waals surface area contributed by atoms with Gasteiger partial charge in [-0.1, -0.05) is 19.1 Å². The molecule has 4 nitrogen and oxygen atoms in total. The first-order valence-corrected chi connectivity index (χ1v) is 6.21. The van der Waals surface area contributed by atoms with E-state index < -0.39 is 0 Å². The van der Waals surface area contributed by atoms with Gasteiger partial charge in [0.05, 0.1) is 19.0 Å². The van der Waals surface area contributed by atoms with Crippen molar-refractivity contribution < 1.29 is 4.74 Å². The molecule has 0 aliphatic carbocycles. The molecule has 0 amide bonds. The minimum atomic E-state index is 0. The van der Waals surface area contributed by atoms with Gasteiger partial charge in [0.2, 0.25) is 0 Å². The van der Waals surface area contributed by atoms with Crippen LogP contribution in [0.25, 0.3) is 0 Å². The largest absolute Gasteiger partial charge is 0.497 e. The summed E-state index contributed by atoms with van der Waals surface area (Å²) >= 11 is 0. The van der Waals surface area contributed by atoms with Crippen molar-refractivity contribution in [3.8, 4) is 5.75 Å². The smallest absolute Gasteiger partial charge is 0.118 e. The second-order valence-corrected chi connectivity index (χ2v) is 4.19. The van der Waals surface area contributed by atoms with E-state index in [-0.39, 0.29) is 12.4 Å². The quantitative estimate of drug-likeness (QED) is 0.883. The number of ether oxygens (including phenoxy) is 1. The summed E-state index contributed by atoms with van der Waals surface area (Å²) in [6.45, 7) is 3.90. The van der Waals surface area contributed by atoms with E-state index in [0.29, 0.717) is 0 Å². The van der Waals surface area contributed by atoms with E-state index in [1.165, 1.54) is 5.56 Å². The molecule has 0 fully saturated rings. The Morgan fingerprint density at radius 2 is 2.00 bits per heavy atom. The van der Waals surface area contributed by atoms with E-state index in [4.69, 9.17) is 4.74 Å². The molecule has 0 spiro atoms. The number of halogens is 1. The highest BCUT2D eigenvalue weighted by Crippen LogP contribution is 2.13. The maximum Gasteiger partial charge on any atom is 0.118 e. The molecule has 0 saturated carbocycles. The molecule has 1 heterocycles. The summed E-state index contributed by atoms with van der Waals surface area (Å²) in [4.78, 5) is 0. The van der Waals surface area contributed by atoms with Crippen molar-refractivity contribution >= 4 is 18.1 Å². The molecule has 0 aliphatic rings. The van der Waals surface area contributed by atoms with Crippen LogP contribution in [0, 0.1) is 0 Å². The van der Waals surface area contributed by atoms with Crippen molar-refractivity contribution in [3.63, 3.8) is 0 Å². The van der Waals surface area contributed by atoms with Gasteiger partial charge in [-0.15, -0.1) is 12.4 Å². The summed E-state index contributed by atoms with van der Waals surface area (Å²) in [6.07, 6.45) is 4.99. The van der Waals surface area contributed by atoms with Crippen LogP contribution in [0.3, 0.4) is 0 Å². The summed E-state index contributed by atoms with van der Waals surface area (Å²) in [6, 6.07) is 8.06. The SMILES string of the molecule is CCCn1cc(NCc2ccc(OC)cc2)cn1.Cl. The Kier molecular flexibility index (Phi) is 6.22. The van der Waals surface area contributed by atoms with Crippen LogP contribution in [0.5, 0.6) is 5.75 Å². The fourth-order valence-electron chi connectivity index (χ4n) is 1.75. The summed E-state index contributed by atoms with van der Waals surface area (Å²) in [5, 5.41) is 7.63. The summed E-state index contributed by atoms with van der Waals surface area (Å²) in [5.41, 5.74) is 2.28.